The highest BCUT2D eigenvalue weighted by Gasteiger charge is 2.19. The smallest absolute Gasteiger partial charge is 0.122 e. The Kier molecular flexibility index (Phi) is 1.50. The number of allylic oxidation sites excluding steroid dienone is 2. The summed E-state index contributed by atoms with van der Waals surface area (Å²) in [5.41, 5.74) is 0.180. The van der Waals surface area contributed by atoms with Gasteiger partial charge in [-0.1, -0.05) is 26.0 Å². The summed E-state index contributed by atoms with van der Waals surface area (Å²) in [6, 6.07) is 0. The minimum absolute atomic E-state index is 0.180. The number of hydrogen-bond acceptors (Lipinski definition) is 2. The highest BCUT2D eigenvalue weighted by atomic mass is 15.3. The van der Waals surface area contributed by atoms with Crippen molar-refractivity contribution >= 4 is 0 Å². The summed E-state index contributed by atoms with van der Waals surface area (Å²) < 4.78 is 0. The van der Waals surface area contributed by atoms with Crippen LogP contribution in [0.1, 0.15) is 13.8 Å². The van der Waals surface area contributed by atoms with Crippen LogP contribution in [-0.4, -0.2) is 11.1 Å². The van der Waals surface area contributed by atoms with Gasteiger partial charge in [-0.3, -0.25) is 0 Å². The first-order valence-corrected chi connectivity index (χ1v) is 4.26. The Balaban J connectivity index is 2.27. The predicted molar refractivity (Wildman–Crippen MR) is 50.0 cm³/mol. The van der Waals surface area contributed by atoms with Gasteiger partial charge in [0.25, 0.3) is 0 Å². The standard InChI is InChI=1S/C10H14N2/c1-10(2)4-3-9-11-6-8-12(9)7-5-10/h3-9,11H,1-2H3. The number of nitrogens with one attached hydrogen (secondary N) is 1. The van der Waals surface area contributed by atoms with Gasteiger partial charge in [0.05, 0.1) is 0 Å². The molecule has 2 aliphatic heterocycles. The molecule has 0 spiro atoms. The molecule has 12 heavy (non-hydrogen) atoms. The minimum atomic E-state index is 0.180. The second-order valence-corrected chi connectivity index (χ2v) is 3.87. The van der Waals surface area contributed by atoms with Gasteiger partial charge in [0.1, 0.15) is 6.17 Å². The molecule has 0 saturated carbocycles. The SMILES string of the molecule is CC1(C)C=CC2NC=CN2C=C1. The largest absolute Gasteiger partial charge is 0.366 e. The van der Waals surface area contributed by atoms with Crippen LogP contribution in [0.3, 0.4) is 0 Å². The summed E-state index contributed by atoms with van der Waals surface area (Å²) in [5, 5.41) is 3.24. The van der Waals surface area contributed by atoms with Crippen LogP contribution >= 0.6 is 0 Å². The molecule has 0 amide bonds. The van der Waals surface area contributed by atoms with E-state index in [4.69, 9.17) is 0 Å². The van der Waals surface area contributed by atoms with E-state index in [1.807, 2.05) is 12.4 Å². The van der Waals surface area contributed by atoms with Crippen molar-refractivity contribution < 1.29 is 0 Å². The normalized spacial score (nSPS) is 29.8. The van der Waals surface area contributed by atoms with Gasteiger partial charge >= 0.3 is 0 Å². The van der Waals surface area contributed by atoms with Crippen LogP contribution in [-0.2, 0) is 0 Å². The molecule has 1 N–H and O–H groups in total. The molecule has 0 aliphatic carbocycles. The number of hydrogen-bond donors (Lipinski definition) is 1. The molecule has 2 rings (SSSR count). The highest BCUT2D eigenvalue weighted by Crippen LogP contribution is 2.24. The van der Waals surface area contributed by atoms with Crippen molar-refractivity contribution in [2.45, 2.75) is 20.0 Å². The molecule has 2 heteroatoms. The lowest BCUT2D eigenvalue weighted by Crippen LogP contribution is -2.28. The fourth-order valence-corrected chi connectivity index (χ4v) is 1.38. The fraction of sp³-hybridized carbons (Fsp3) is 0.400. The minimum Gasteiger partial charge on any atom is -0.366 e. The van der Waals surface area contributed by atoms with Crippen LogP contribution in [0.4, 0.5) is 0 Å². The van der Waals surface area contributed by atoms with Crippen molar-refractivity contribution in [1.29, 1.82) is 0 Å². The van der Waals surface area contributed by atoms with Gasteiger partial charge < -0.3 is 10.2 Å². The van der Waals surface area contributed by atoms with E-state index in [0.717, 1.165) is 0 Å². The third kappa shape index (κ3) is 1.24. The van der Waals surface area contributed by atoms with Crippen LogP contribution in [0.15, 0.2) is 36.8 Å². The third-order valence-electron chi connectivity index (χ3n) is 2.22. The van der Waals surface area contributed by atoms with Crippen LogP contribution in [0.5, 0.6) is 0 Å². The lowest BCUT2D eigenvalue weighted by molar-refractivity contribution is 0.432. The topological polar surface area (TPSA) is 15.3 Å². The summed E-state index contributed by atoms with van der Waals surface area (Å²) in [4.78, 5) is 2.16. The molecule has 0 bridgehead atoms. The van der Waals surface area contributed by atoms with Crippen LogP contribution < -0.4 is 5.32 Å². The van der Waals surface area contributed by atoms with Crippen molar-refractivity contribution in [3.8, 4) is 0 Å². The Labute approximate surface area is 73.3 Å². The third-order valence-corrected chi connectivity index (χ3v) is 2.22. The van der Waals surface area contributed by atoms with Crippen LogP contribution in [0, 0.1) is 5.41 Å². The van der Waals surface area contributed by atoms with E-state index >= 15 is 0 Å². The molecule has 0 radical (unpaired) electrons. The Bertz CT molecular complexity index is 261. The van der Waals surface area contributed by atoms with E-state index in [1.54, 1.807) is 0 Å². The summed E-state index contributed by atoms with van der Waals surface area (Å²) >= 11 is 0. The molecule has 1 atom stereocenters. The summed E-state index contributed by atoms with van der Waals surface area (Å²) in [7, 11) is 0. The Hall–Kier alpha value is -1.18. The van der Waals surface area contributed by atoms with Crippen molar-refractivity contribution in [2.24, 2.45) is 5.41 Å². The molecule has 2 heterocycles. The van der Waals surface area contributed by atoms with Gasteiger partial charge in [0.2, 0.25) is 0 Å². The van der Waals surface area contributed by atoms with Crippen molar-refractivity contribution in [1.82, 2.24) is 10.2 Å². The second kappa shape index (κ2) is 2.41. The molecule has 0 aromatic rings. The summed E-state index contributed by atoms with van der Waals surface area (Å²) in [5.74, 6) is 0. The van der Waals surface area contributed by atoms with Crippen LogP contribution in [0.2, 0.25) is 0 Å². The second-order valence-electron chi connectivity index (χ2n) is 3.87. The number of rotatable bonds is 0. The number of nitrogens with zero attached hydrogens (tertiary/aromatic N) is 1. The lowest BCUT2D eigenvalue weighted by Gasteiger charge is -2.16. The van der Waals surface area contributed by atoms with Crippen molar-refractivity contribution in [2.75, 3.05) is 0 Å². The summed E-state index contributed by atoms with van der Waals surface area (Å²) in [6.45, 7) is 4.40. The predicted octanol–water partition coefficient (Wildman–Crippen LogP) is 1.80. The van der Waals surface area contributed by atoms with E-state index in [2.05, 4.69) is 48.5 Å². The van der Waals surface area contributed by atoms with E-state index in [-0.39, 0.29) is 5.41 Å². The molecule has 1 unspecified atom stereocenters. The van der Waals surface area contributed by atoms with E-state index in [1.165, 1.54) is 0 Å². The van der Waals surface area contributed by atoms with Crippen LogP contribution in [0.25, 0.3) is 0 Å². The van der Waals surface area contributed by atoms with Gasteiger partial charge in [0.15, 0.2) is 0 Å². The van der Waals surface area contributed by atoms with E-state index in [0.29, 0.717) is 6.17 Å². The zero-order valence-corrected chi connectivity index (χ0v) is 7.49. The molecule has 0 aromatic heterocycles. The first-order chi connectivity index (χ1) is 5.67. The van der Waals surface area contributed by atoms with Gasteiger partial charge in [0, 0.05) is 24.0 Å². The first kappa shape index (κ1) is 7.47. The van der Waals surface area contributed by atoms with Gasteiger partial charge in [-0.05, 0) is 6.08 Å². The van der Waals surface area contributed by atoms with Gasteiger partial charge in [-0.2, -0.15) is 0 Å². The lowest BCUT2D eigenvalue weighted by atomic mass is 9.93. The Morgan fingerprint density at radius 1 is 1.25 bits per heavy atom. The zero-order valence-electron chi connectivity index (χ0n) is 7.49. The highest BCUT2D eigenvalue weighted by molar-refractivity contribution is 5.18. The number of fused-ring (bicyclic) bond motifs is 1. The Morgan fingerprint density at radius 2 is 2.08 bits per heavy atom. The maximum atomic E-state index is 3.24. The fourth-order valence-electron chi connectivity index (χ4n) is 1.38. The average molecular weight is 162 g/mol. The molecule has 0 aromatic carbocycles. The van der Waals surface area contributed by atoms with Gasteiger partial charge in [-0.15, -0.1) is 0 Å². The molecule has 0 fully saturated rings. The maximum Gasteiger partial charge on any atom is 0.122 e. The van der Waals surface area contributed by atoms with E-state index < -0.39 is 0 Å². The zero-order chi connectivity index (χ0) is 8.60. The molecular formula is C10H14N2. The van der Waals surface area contributed by atoms with Gasteiger partial charge in [-0.25, -0.2) is 0 Å². The molecule has 64 valence electrons. The first-order valence-electron chi connectivity index (χ1n) is 4.26. The van der Waals surface area contributed by atoms with E-state index in [9.17, 15) is 0 Å². The van der Waals surface area contributed by atoms with Crippen molar-refractivity contribution in [3.05, 3.63) is 36.8 Å². The molecule has 0 saturated heterocycles. The Morgan fingerprint density at radius 3 is 2.92 bits per heavy atom. The molecule has 2 aliphatic rings. The molecular weight excluding hydrogens is 148 g/mol. The average Bonchev–Trinajstić information content (AvgIpc) is 2.40. The quantitative estimate of drug-likeness (QED) is 0.546. The van der Waals surface area contributed by atoms with Crippen molar-refractivity contribution in [3.63, 3.8) is 0 Å². The monoisotopic (exact) mass is 162 g/mol. The molecule has 2 nitrogen and oxygen atoms in total. The maximum absolute atomic E-state index is 3.24. The summed E-state index contributed by atoms with van der Waals surface area (Å²) in [6.07, 6.45) is 13.1.